The van der Waals surface area contributed by atoms with Gasteiger partial charge in [0.05, 0.1) is 36.2 Å². The van der Waals surface area contributed by atoms with Crippen LogP contribution in [0.25, 0.3) is 0 Å². The molecule has 2 atom stereocenters. The molecule has 0 aliphatic rings. The average molecular weight is 1290 g/mol. The summed E-state index contributed by atoms with van der Waals surface area (Å²) in [6.45, 7) is 4.39. The fourth-order valence-electron chi connectivity index (χ4n) is 7.28. The lowest BCUT2D eigenvalue weighted by atomic mass is 10.2. The molecule has 0 fully saturated rings. The largest absolute Gasteiger partial charge is 0.447 e. The van der Waals surface area contributed by atoms with Crippen LogP contribution in [0.5, 0.6) is 0 Å². The minimum absolute atomic E-state index is 0.0483. The van der Waals surface area contributed by atoms with Gasteiger partial charge in [-0.25, -0.2) is 9.59 Å². The van der Waals surface area contributed by atoms with E-state index in [4.69, 9.17) is 14.2 Å². The van der Waals surface area contributed by atoms with Gasteiger partial charge in [-0.1, -0.05) is 49.2 Å². The maximum absolute atomic E-state index is 13.2. The Hall–Kier alpha value is -5.66. The number of nitrogens with zero attached hydrogens (tertiary/aromatic N) is 2. The summed E-state index contributed by atoms with van der Waals surface area (Å²) in [4.78, 5) is 149. The lowest BCUT2D eigenvalue weighted by Gasteiger charge is -2.23. The van der Waals surface area contributed by atoms with E-state index in [1.54, 1.807) is 0 Å². The highest BCUT2D eigenvalue weighted by Crippen LogP contribution is 2.06. The first kappa shape index (κ1) is 79.3. The number of nitrogens with one attached hydrogen (secondary N) is 8. The molecule has 0 spiro atoms. The Morgan fingerprint density at radius 1 is 0.365 bits per heavy atom. The molecule has 0 rings (SSSR count). The maximum atomic E-state index is 13.2. The number of amides is 10. The number of carbonyl (C=O) groups excluding carboxylic acids is 12. The number of ether oxygens (including phenoxy) is 3. The maximum Gasteiger partial charge on any atom is 0.409 e. The first-order valence-electron chi connectivity index (χ1n) is 28.7. The van der Waals surface area contributed by atoms with E-state index in [2.05, 4.69) is 54.3 Å². The van der Waals surface area contributed by atoms with Crippen LogP contribution in [0.15, 0.2) is 0 Å². The SMILES string of the molecule is C=S(C)(=O)CC(=O)NCCCCCC(=O)NCCN(CCNC(=O)CCCCCNC(=O)CS(=C)(C)=O)C(=O)OCCOCCOC(=O)N(CCNC(=O)CCCCCNC(=O)CSC(C)=O)CCNC(=O)CCCCCNC(=O)CSC(C)=O. The van der Waals surface area contributed by atoms with Gasteiger partial charge in [0.2, 0.25) is 47.3 Å². The number of hydrogen-bond acceptors (Lipinski definition) is 19. The molecule has 488 valence electrons. The molecule has 0 bridgehead atoms. The van der Waals surface area contributed by atoms with E-state index in [9.17, 15) is 66.0 Å². The predicted molar refractivity (Wildman–Crippen MR) is 333 cm³/mol. The molecule has 0 aromatic rings. The van der Waals surface area contributed by atoms with Crippen LogP contribution in [0.2, 0.25) is 0 Å². The van der Waals surface area contributed by atoms with Gasteiger partial charge >= 0.3 is 12.2 Å². The lowest BCUT2D eigenvalue weighted by molar-refractivity contribution is -0.122. The zero-order valence-corrected chi connectivity index (χ0v) is 53.6. The molecule has 31 heteroatoms. The van der Waals surface area contributed by atoms with Crippen molar-refractivity contribution < 1.29 is 80.2 Å². The first-order valence-corrected chi connectivity index (χ1v) is 35.3. The van der Waals surface area contributed by atoms with Gasteiger partial charge in [-0.2, -0.15) is 0 Å². The number of hydrogen-bond donors (Lipinski definition) is 8. The molecule has 85 heavy (non-hydrogen) atoms. The number of thioether (sulfide) groups is 2. The van der Waals surface area contributed by atoms with Crippen LogP contribution in [0.4, 0.5) is 9.59 Å². The van der Waals surface area contributed by atoms with Crippen molar-refractivity contribution in [2.45, 2.75) is 117 Å². The van der Waals surface area contributed by atoms with E-state index in [-0.39, 0.29) is 185 Å². The zero-order chi connectivity index (χ0) is 63.7. The highest BCUT2D eigenvalue weighted by atomic mass is 32.2. The molecule has 10 amide bonds. The lowest BCUT2D eigenvalue weighted by Crippen LogP contribution is -2.43. The summed E-state index contributed by atoms with van der Waals surface area (Å²) >= 11 is 1.86. The molecule has 0 saturated heterocycles. The summed E-state index contributed by atoms with van der Waals surface area (Å²) in [5.41, 5.74) is 0. The predicted octanol–water partition coefficient (Wildman–Crippen LogP) is 0.303. The van der Waals surface area contributed by atoms with E-state index in [1.807, 2.05) is 0 Å². The minimum Gasteiger partial charge on any atom is -0.447 e. The third kappa shape index (κ3) is 53.5. The fraction of sp³-hybridized carbons (Fsp3) is 0.741. The standard InChI is InChI=1S/C54H96N10O17S4/c1-43(65)82-39-49(71)55-23-15-7-11-19-45(67)59-27-31-63(32-28-60-46(68)20-12-8-16-24-56-50(72)40-83-44(2)66)53(75)80-37-35-79-36-38-81-54(76)64(33-29-61-47(69)21-13-9-17-25-57-51(73)41-84(3,4)77)34-30-62-48(70)22-14-10-18-26-58-52(74)42-85(5,6)78/h3,5,7-42H2,1-2,4,6H3,(H,55,71)(H,56,72)(H,57,73)(H,58,74)(H,59,67)(H,60,68)(H,61,69)(H,62,70). The Labute approximate surface area is 511 Å². The molecular weight excluding hydrogens is 1190 g/mol. The Kier molecular flexibility index (Phi) is 46.2. The van der Waals surface area contributed by atoms with E-state index >= 15 is 0 Å². The van der Waals surface area contributed by atoms with Crippen LogP contribution in [-0.2, 0) is 81.2 Å². The second kappa shape index (κ2) is 49.5. The molecule has 0 radical (unpaired) electrons. The first-order chi connectivity index (χ1) is 40.3. The van der Waals surface area contributed by atoms with E-state index in [0.29, 0.717) is 103 Å². The molecule has 0 aliphatic heterocycles. The fourth-order valence-corrected chi connectivity index (χ4v) is 9.46. The molecule has 0 aliphatic carbocycles. The molecule has 27 nitrogen and oxygen atoms in total. The van der Waals surface area contributed by atoms with E-state index in [0.717, 1.165) is 23.5 Å². The zero-order valence-electron chi connectivity index (χ0n) is 50.3. The van der Waals surface area contributed by atoms with Crippen LogP contribution < -0.4 is 42.5 Å². The normalized spacial score (nSPS) is 12.2. The molecule has 0 saturated carbocycles. The second-order valence-corrected chi connectivity index (χ2v) is 27.7. The Morgan fingerprint density at radius 2 is 0.624 bits per heavy atom. The van der Waals surface area contributed by atoms with Gasteiger partial charge in [0, 0.05) is 131 Å². The summed E-state index contributed by atoms with van der Waals surface area (Å²) < 4.78 is 39.9. The van der Waals surface area contributed by atoms with Gasteiger partial charge in [0.25, 0.3) is 0 Å². The Bertz CT molecular complexity index is 2180. The summed E-state index contributed by atoms with van der Waals surface area (Å²) in [6, 6.07) is 0. The Balaban J connectivity index is 5.21. The number of carbonyl (C=O) groups is 12. The van der Waals surface area contributed by atoms with Gasteiger partial charge in [-0.05, 0) is 82.2 Å². The minimum atomic E-state index is -2.44. The smallest absolute Gasteiger partial charge is 0.409 e. The quantitative estimate of drug-likeness (QED) is 0.0300. The molecule has 0 aromatic heterocycles. The van der Waals surface area contributed by atoms with Crippen LogP contribution in [0.1, 0.15) is 117 Å². The average Bonchev–Trinajstić information content (AvgIpc) is 3.41. The van der Waals surface area contributed by atoms with E-state index in [1.165, 1.54) is 36.2 Å². The number of rotatable bonds is 50. The highest BCUT2D eigenvalue weighted by Gasteiger charge is 2.19. The molecule has 0 aromatic carbocycles. The van der Waals surface area contributed by atoms with Crippen molar-refractivity contribution in [1.29, 1.82) is 0 Å². The molecule has 8 N–H and O–H groups in total. The third-order valence-corrected chi connectivity index (χ3v) is 14.9. The van der Waals surface area contributed by atoms with Crippen molar-refractivity contribution in [3.63, 3.8) is 0 Å². The van der Waals surface area contributed by atoms with Crippen LogP contribution in [-0.4, -0.2) is 240 Å². The van der Waals surface area contributed by atoms with Crippen molar-refractivity contribution in [3.8, 4) is 0 Å². The van der Waals surface area contributed by atoms with Gasteiger partial charge in [-0.3, -0.25) is 56.4 Å². The van der Waals surface area contributed by atoms with Crippen LogP contribution >= 0.6 is 23.5 Å². The molecule has 0 heterocycles. The van der Waals surface area contributed by atoms with Crippen LogP contribution in [0, 0.1) is 0 Å². The van der Waals surface area contributed by atoms with Gasteiger partial charge < -0.3 is 66.5 Å². The van der Waals surface area contributed by atoms with Crippen molar-refractivity contribution in [3.05, 3.63) is 0 Å². The molecule has 2 unspecified atom stereocenters. The van der Waals surface area contributed by atoms with Crippen molar-refractivity contribution >= 4 is 124 Å². The third-order valence-electron chi connectivity index (χ3n) is 11.5. The van der Waals surface area contributed by atoms with Gasteiger partial charge in [0.1, 0.15) is 13.2 Å². The summed E-state index contributed by atoms with van der Waals surface area (Å²) in [5, 5.41) is 21.7. The number of unbranched alkanes of at least 4 members (excludes halogenated alkanes) is 8. The van der Waals surface area contributed by atoms with Crippen molar-refractivity contribution in [2.75, 3.05) is 140 Å². The summed E-state index contributed by atoms with van der Waals surface area (Å²) in [6.07, 6.45) is 9.59. The van der Waals surface area contributed by atoms with Crippen molar-refractivity contribution in [2.24, 2.45) is 0 Å². The topological polar surface area (TPSA) is 369 Å². The monoisotopic (exact) mass is 1280 g/mol. The second-order valence-electron chi connectivity index (χ2n) is 20.1. The van der Waals surface area contributed by atoms with Gasteiger partial charge in [-0.15, -0.1) is 0 Å². The van der Waals surface area contributed by atoms with Gasteiger partial charge in [0.15, 0.2) is 10.2 Å². The van der Waals surface area contributed by atoms with Crippen molar-refractivity contribution in [1.82, 2.24) is 52.3 Å². The van der Waals surface area contributed by atoms with E-state index < -0.39 is 31.2 Å². The van der Waals surface area contributed by atoms with Crippen LogP contribution in [0.3, 0.4) is 0 Å². The Morgan fingerprint density at radius 3 is 0.882 bits per heavy atom. The summed E-state index contributed by atoms with van der Waals surface area (Å²) in [7, 11) is -4.89. The summed E-state index contributed by atoms with van der Waals surface area (Å²) in [5.74, 6) is 4.59. The highest BCUT2D eigenvalue weighted by molar-refractivity contribution is 8.14. The molecular formula is C54H96N10O17S4.